The van der Waals surface area contributed by atoms with Gasteiger partial charge in [-0.15, -0.1) is 0 Å². The van der Waals surface area contributed by atoms with E-state index in [9.17, 15) is 0 Å². The van der Waals surface area contributed by atoms with Gasteiger partial charge in [-0.1, -0.05) is 0 Å². The monoisotopic (exact) mass is 541 g/mol. The summed E-state index contributed by atoms with van der Waals surface area (Å²) in [5.41, 5.74) is 6.14. The number of fused-ring (bicyclic) bond motifs is 1. The van der Waals surface area contributed by atoms with E-state index in [4.69, 9.17) is 0 Å². The first-order chi connectivity index (χ1) is 10.7. The Morgan fingerprint density at radius 2 is 1.96 bits per heavy atom. The van der Waals surface area contributed by atoms with Crippen molar-refractivity contribution in [2.45, 2.75) is 23.9 Å². The Labute approximate surface area is 168 Å². The van der Waals surface area contributed by atoms with Gasteiger partial charge in [0.25, 0.3) is 0 Å². The summed E-state index contributed by atoms with van der Waals surface area (Å²) in [5, 5.41) is 1.65. The Morgan fingerprint density at radius 1 is 1.17 bits per heavy atom. The van der Waals surface area contributed by atoms with Gasteiger partial charge in [-0.3, -0.25) is 0 Å². The van der Waals surface area contributed by atoms with E-state index >= 15 is 0 Å². The molecule has 1 heterocycles. The molecule has 2 atom stereocenters. The van der Waals surface area contributed by atoms with Crippen LogP contribution in [0.15, 0.2) is 62.7 Å². The molecular weight excluding hydrogens is 523 g/mol. The van der Waals surface area contributed by atoms with Gasteiger partial charge in [0, 0.05) is 0 Å². The normalized spacial score (nSPS) is 18.9. The molecule has 2 aliphatic rings. The largest absolute Gasteiger partial charge is 1.00 e. The first-order valence-electron chi connectivity index (χ1n) is 7.66. The van der Waals surface area contributed by atoms with Gasteiger partial charge in [-0.2, -0.15) is 0 Å². The van der Waals surface area contributed by atoms with Gasteiger partial charge in [-0.25, -0.2) is 0 Å². The van der Waals surface area contributed by atoms with E-state index in [1.165, 1.54) is 17.6 Å². The molecule has 2 aliphatic carbocycles. The SMILES string of the molecule is CC1=CC[C]([Hf+2][CH]2C(p3ccnc3)=Cc3ccccc32)=C1C.[Cl-].[Cl-]. The maximum atomic E-state index is 4.35. The number of hydrogen-bond donors (Lipinski definition) is 0. The fourth-order valence-corrected chi connectivity index (χ4v) is 12.8. The smallest absolute Gasteiger partial charge is 1.00 e. The molecule has 1 aromatic heterocycles. The summed E-state index contributed by atoms with van der Waals surface area (Å²) >= 11 is -0.917. The zero-order valence-electron chi connectivity index (χ0n) is 13.6. The molecule has 5 heteroatoms. The molecule has 4 rings (SSSR count). The molecule has 2 unspecified atom stereocenters. The fourth-order valence-electron chi connectivity index (χ4n) is 3.24. The standard InChI is InChI=1S/C12H9NP.C7H9.2ClH.Hf/c1-2-4-11-8-12(7-10(11)3-1)14-6-5-13-9-14;1-6-4-3-5-7(6)2;;;/h1-9H;4H,3H2,1-2H3;2*1H;/q;;;;+2/p-2. The third-order valence-corrected chi connectivity index (χ3v) is 14.0. The van der Waals surface area contributed by atoms with Crippen LogP contribution in [0.4, 0.5) is 0 Å². The van der Waals surface area contributed by atoms with Crippen LogP contribution >= 0.6 is 7.53 Å². The average molecular weight is 541 g/mol. The fraction of sp³-hybridized carbons (Fsp3) is 0.211. The quantitative estimate of drug-likeness (QED) is 0.493. The number of hydrogen-bond acceptors (Lipinski definition) is 1. The number of benzene rings is 1. The second kappa shape index (κ2) is 8.32. The summed E-state index contributed by atoms with van der Waals surface area (Å²) in [7, 11) is -0.280. The molecule has 0 saturated heterocycles. The Morgan fingerprint density at radius 3 is 2.62 bits per heavy atom. The van der Waals surface area contributed by atoms with E-state index in [0.717, 1.165) is 3.67 Å². The molecule has 2 aromatic rings. The molecule has 1 aromatic carbocycles. The molecule has 0 saturated carbocycles. The van der Waals surface area contributed by atoms with Crippen LogP contribution < -0.4 is 24.8 Å². The molecule has 122 valence electrons. The summed E-state index contributed by atoms with van der Waals surface area (Å²) in [5.74, 6) is 4.48. The van der Waals surface area contributed by atoms with Crippen LogP contribution in [-0.4, -0.2) is 4.98 Å². The summed E-state index contributed by atoms with van der Waals surface area (Å²) in [6.45, 7) is 4.59. The Balaban J connectivity index is 0.00000104. The van der Waals surface area contributed by atoms with Crippen molar-refractivity contribution in [3.05, 3.63) is 73.9 Å². The molecule has 0 amide bonds. The minimum absolute atomic E-state index is 0. The molecule has 0 radical (unpaired) electrons. The van der Waals surface area contributed by atoms with Crippen molar-refractivity contribution in [3.63, 3.8) is 0 Å². The van der Waals surface area contributed by atoms with Gasteiger partial charge in [-0.05, 0) is 0 Å². The summed E-state index contributed by atoms with van der Waals surface area (Å²) < 4.78 is 2.53. The van der Waals surface area contributed by atoms with Crippen LogP contribution in [0.1, 0.15) is 35.1 Å². The summed E-state index contributed by atoms with van der Waals surface area (Å²) in [6, 6.07) is 9.01. The van der Waals surface area contributed by atoms with Crippen molar-refractivity contribution in [1.82, 2.24) is 4.98 Å². The van der Waals surface area contributed by atoms with Gasteiger partial charge in [0.1, 0.15) is 0 Å². The van der Waals surface area contributed by atoms with Crippen molar-refractivity contribution in [2.75, 3.05) is 0 Å². The Kier molecular flexibility index (Phi) is 6.91. The van der Waals surface area contributed by atoms with Crippen molar-refractivity contribution in [1.29, 1.82) is 0 Å². The van der Waals surface area contributed by atoms with Crippen molar-refractivity contribution in [2.24, 2.45) is 0 Å². The number of halogens is 2. The molecule has 0 spiro atoms. The average Bonchev–Trinajstić information content (AvgIpc) is 3.23. The van der Waals surface area contributed by atoms with E-state index in [1.54, 1.807) is 19.8 Å². The maximum Gasteiger partial charge on any atom is -1.00 e. The first-order valence-corrected chi connectivity index (χ1v) is 13.0. The Hall–Kier alpha value is -0.400. The molecule has 24 heavy (non-hydrogen) atoms. The first kappa shape index (κ1) is 19.9. The minimum Gasteiger partial charge on any atom is -1.00 e. The van der Waals surface area contributed by atoms with Gasteiger partial charge in [0.15, 0.2) is 0 Å². The number of aromatic nitrogens is 1. The van der Waals surface area contributed by atoms with Crippen LogP contribution in [0.25, 0.3) is 11.4 Å². The molecule has 0 fully saturated rings. The number of rotatable bonds is 3. The van der Waals surface area contributed by atoms with Crippen LogP contribution in [0, 0.1) is 0 Å². The van der Waals surface area contributed by atoms with Crippen molar-refractivity contribution < 1.29 is 47.7 Å². The Bertz CT molecular complexity index is 822. The van der Waals surface area contributed by atoms with Crippen molar-refractivity contribution >= 4 is 18.9 Å². The third-order valence-electron chi connectivity index (χ3n) is 4.68. The van der Waals surface area contributed by atoms with E-state index < -0.39 is 22.9 Å². The molecule has 0 bridgehead atoms. The molecule has 0 aliphatic heterocycles. The van der Waals surface area contributed by atoms with E-state index in [-0.39, 0.29) is 32.3 Å². The van der Waals surface area contributed by atoms with Crippen molar-refractivity contribution in [3.8, 4) is 0 Å². The molecule has 0 N–H and O–H groups in total. The number of nitrogens with zero attached hydrogens (tertiary/aromatic N) is 1. The van der Waals surface area contributed by atoms with Gasteiger partial charge >= 0.3 is 145 Å². The zero-order valence-corrected chi connectivity index (χ0v) is 19.6. The zero-order chi connectivity index (χ0) is 15.1. The number of allylic oxidation sites excluding steroid dienone is 5. The molecular formula is C19H18Cl2HfNP. The van der Waals surface area contributed by atoms with Gasteiger partial charge in [0.2, 0.25) is 0 Å². The van der Waals surface area contributed by atoms with E-state index in [1.807, 2.05) is 6.20 Å². The summed E-state index contributed by atoms with van der Waals surface area (Å²) in [6.07, 6.45) is 8.08. The van der Waals surface area contributed by atoms with Crippen LogP contribution in [0.5, 0.6) is 0 Å². The second-order valence-electron chi connectivity index (χ2n) is 5.94. The topological polar surface area (TPSA) is 12.9 Å². The maximum absolute atomic E-state index is 4.35. The van der Waals surface area contributed by atoms with E-state index in [2.05, 4.69) is 67.0 Å². The predicted octanol–water partition coefficient (Wildman–Crippen LogP) is -0.164. The van der Waals surface area contributed by atoms with Gasteiger partial charge in [0.05, 0.1) is 0 Å². The van der Waals surface area contributed by atoms with E-state index in [0.29, 0.717) is 0 Å². The summed E-state index contributed by atoms with van der Waals surface area (Å²) in [4.78, 5) is 4.35. The van der Waals surface area contributed by atoms with Crippen LogP contribution in [0.2, 0.25) is 0 Å². The third kappa shape index (κ3) is 3.58. The van der Waals surface area contributed by atoms with Gasteiger partial charge < -0.3 is 24.8 Å². The van der Waals surface area contributed by atoms with Crippen LogP contribution in [-0.2, 0) is 22.9 Å². The molecule has 1 nitrogen and oxygen atoms in total. The second-order valence-corrected chi connectivity index (χ2v) is 13.1. The predicted molar refractivity (Wildman–Crippen MR) is 91.4 cm³/mol. The minimum atomic E-state index is -0.917. The van der Waals surface area contributed by atoms with Crippen LogP contribution in [0.3, 0.4) is 0 Å².